The molecule has 1 saturated heterocycles. The second-order valence-corrected chi connectivity index (χ2v) is 10.9. The summed E-state index contributed by atoms with van der Waals surface area (Å²) in [7, 11) is -4.14. The van der Waals surface area contributed by atoms with E-state index in [-0.39, 0.29) is 12.3 Å². The van der Waals surface area contributed by atoms with Gasteiger partial charge in [-0.15, -0.1) is 0 Å². The summed E-state index contributed by atoms with van der Waals surface area (Å²) in [5.74, 6) is -0.273. The number of rotatable bonds is 6. The fourth-order valence-corrected chi connectivity index (χ4v) is 3.49. The molecule has 0 radical (unpaired) electrons. The lowest BCUT2D eigenvalue weighted by Crippen LogP contribution is -2.41. The van der Waals surface area contributed by atoms with Crippen LogP contribution in [-0.2, 0) is 24.1 Å². The maximum absolute atomic E-state index is 12.2. The summed E-state index contributed by atoms with van der Waals surface area (Å²) in [5.41, 5.74) is -0.307. The molecular formula is C19H31BN2O6S. The van der Waals surface area contributed by atoms with Crippen LogP contribution in [0, 0.1) is 0 Å². The Morgan fingerprint density at radius 3 is 2.07 bits per heavy atom. The molecule has 1 fully saturated rings. The van der Waals surface area contributed by atoms with Gasteiger partial charge in [0.25, 0.3) is 0 Å². The van der Waals surface area contributed by atoms with E-state index in [4.69, 9.17) is 14.0 Å². The highest BCUT2D eigenvalue weighted by molar-refractivity contribution is 7.92. The number of anilines is 1. The highest BCUT2D eigenvalue weighted by Crippen LogP contribution is 2.36. The van der Waals surface area contributed by atoms with Crippen molar-refractivity contribution in [2.45, 2.75) is 65.3 Å². The molecule has 0 saturated carbocycles. The second kappa shape index (κ2) is 8.16. The Kier molecular flexibility index (Phi) is 6.61. The number of sulfonamides is 1. The lowest BCUT2D eigenvalue weighted by molar-refractivity contribution is 0.00578. The van der Waals surface area contributed by atoms with Gasteiger partial charge in [0.2, 0.25) is 10.0 Å². The zero-order valence-corrected chi connectivity index (χ0v) is 19.0. The lowest BCUT2D eigenvalue weighted by Gasteiger charge is -2.32. The summed E-state index contributed by atoms with van der Waals surface area (Å²) >= 11 is 0. The Hall–Kier alpha value is -1.78. The molecule has 162 valence electrons. The van der Waals surface area contributed by atoms with Crippen molar-refractivity contribution >= 4 is 34.4 Å². The first-order valence-corrected chi connectivity index (χ1v) is 11.2. The van der Waals surface area contributed by atoms with Crippen molar-refractivity contribution in [2.75, 3.05) is 17.0 Å². The summed E-state index contributed by atoms with van der Waals surface area (Å²) < 4.78 is 44.0. The van der Waals surface area contributed by atoms with E-state index in [1.54, 1.807) is 45.0 Å². The minimum atomic E-state index is -3.63. The van der Waals surface area contributed by atoms with Gasteiger partial charge in [-0.25, -0.2) is 13.2 Å². The Labute approximate surface area is 173 Å². The molecule has 8 nitrogen and oxygen atoms in total. The number of carbonyl (C=O) groups excluding carboxylic acids is 1. The van der Waals surface area contributed by atoms with E-state index in [1.165, 1.54) is 0 Å². The van der Waals surface area contributed by atoms with E-state index in [2.05, 4.69) is 10.0 Å². The van der Waals surface area contributed by atoms with Gasteiger partial charge in [0.05, 0.1) is 17.0 Å². The topological polar surface area (TPSA) is 103 Å². The maximum atomic E-state index is 12.2. The van der Waals surface area contributed by atoms with Gasteiger partial charge < -0.3 is 19.4 Å². The molecule has 1 heterocycles. The van der Waals surface area contributed by atoms with Crippen molar-refractivity contribution in [3.05, 3.63) is 24.3 Å². The van der Waals surface area contributed by atoms with Gasteiger partial charge in [0.15, 0.2) is 0 Å². The van der Waals surface area contributed by atoms with E-state index in [0.29, 0.717) is 5.69 Å². The average molecular weight is 426 g/mol. The van der Waals surface area contributed by atoms with Gasteiger partial charge in [0, 0.05) is 12.2 Å². The van der Waals surface area contributed by atoms with Crippen LogP contribution in [0.2, 0.25) is 0 Å². The third-order valence-electron chi connectivity index (χ3n) is 4.75. The molecule has 1 aromatic carbocycles. The number of ether oxygens (including phenoxy) is 1. The van der Waals surface area contributed by atoms with Crippen LogP contribution in [-0.4, -0.2) is 50.7 Å². The van der Waals surface area contributed by atoms with Crippen LogP contribution in [0.15, 0.2) is 24.3 Å². The van der Waals surface area contributed by atoms with E-state index < -0.39 is 40.0 Å². The minimum Gasteiger partial charge on any atom is -0.444 e. The Balaban J connectivity index is 1.90. The standard InChI is InChI=1S/C19H31BN2O6S/c1-17(2,3)26-16(23)21-12-13-29(24,25)22-15-10-8-14(9-11-15)20-27-18(4,5)19(6,7)28-20/h8-11,22H,12-13H2,1-7H3,(H,21,23). The van der Waals surface area contributed by atoms with Crippen LogP contribution in [0.5, 0.6) is 0 Å². The van der Waals surface area contributed by atoms with Crippen LogP contribution >= 0.6 is 0 Å². The van der Waals surface area contributed by atoms with Gasteiger partial charge in [-0.05, 0) is 66.1 Å². The Morgan fingerprint density at radius 1 is 1.07 bits per heavy atom. The Morgan fingerprint density at radius 2 is 1.59 bits per heavy atom. The van der Waals surface area contributed by atoms with E-state index in [9.17, 15) is 13.2 Å². The molecule has 1 aliphatic heterocycles. The molecule has 0 unspecified atom stereocenters. The molecule has 29 heavy (non-hydrogen) atoms. The number of hydrogen-bond acceptors (Lipinski definition) is 6. The largest absolute Gasteiger partial charge is 0.494 e. The van der Waals surface area contributed by atoms with E-state index >= 15 is 0 Å². The van der Waals surface area contributed by atoms with Gasteiger partial charge >= 0.3 is 13.2 Å². The molecule has 0 spiro atoms. The molecule has 1 aromatic rings. The molecule has 1 amide bonds. The van der Waals surface area contributed by atoms with Crippen molar-refractivity contribution in [2.24, 2.45) is 0 Å². The van der Waals surface area contributed by atoms with E-state index in [1.807, 2.05) is 27.7 Å². The second-order valence-electron chi connectivity index (χ2n) is 9.06. The predicted molar refractivity (Wildman–Crippen MR) is 114 cm³/mol. The molecule has 0 aliphatic carbocycles. The third kappa shape index (κ3) is 6.62. The maximum Gasteiger partial charge on any atom is 0.494 e. The number of carbonyl (C=O) groups is 1. The summed E-state index contributed by atoms with van der Waals surface area (Å²) in [6.45, 7) is 13.0. The normalized spacial score (nSPS) is 18.4. The van der Waals surface area contributed by atoms with Crippen LogP contribution in [0.4, 0.5) is 10.5 Å². The Bertz CT molecular complexity index is 815. The molecule has 2 N–H and O–H groups in total. The van der Waals surface area contributed by atoms with Crippen molar-refractivity contribution in [3.8, 4) is 0 Å². The molecule has 0 bridgehead atoms. The summed E-state index contributed by atoms with van der Waals surface area (Å²) in [5, 5.41) is 2.43. The molecule has 1 aliphatic rings. The van der Waals surface area contributed by atoms with Crippen LogP contribution < -0.4 is 15.5 Å². The number of alkyl carbamates (subject to hydrolysis) is 1. The third-order valence-corrected chi connectivity index (χ3v) is 6.04. The van der Waals surface area contributed by atoms with Gasteiger partial charge in [-0.1, -0.05) is 12.1 Å². The first-order valence-electron chi connectivity index (χ1n) is 9.53. The summed E-state index contributed by atoms with van der Waals surface area (Å²) in [6.07, 6.45) is -0.653. The molecule has 10 heteroatoms. The molecule has 2 rings (SSSR count). The zero-order valence-electron chi connectivity index (χ0n) is 18.2. The molecule has 0 aromatic heterocycles. The van der Waals surface area contributed by atoms with Crippen molar-refractivity contribution in [1.29, 1.82) is 0 Å². The van der Waals surface area contributed by atoms with Crippen LogP contribution in [0.25, 0.3) is 0 Å². The predicted octanol–water partition coefficient (Wildman–Crippen LogP) is 2.25. The summed E-state index contributed by atoms with van der Waals surface area (Å²) in [6, 6.07) is 6.83. The van der Waals surface area contributed by atoms with Crippen molar-refractivity contribution < 1.29 is 27.3 Å². The number of amides is 1. The zero-order chi connectivity index (χ0) is 22.1. The fraction of sp³-hybridized carbons (Fsp3) is 0.632. The fourth-order valence-electron chi connectivity index (χ4n) is 2.52. The smallest absolute Gasteiger partial charge is 0.444 e. The summed E-state index contributed by atoms with van der Waals surface area (Å²) in [4.78, 5) is 11.6. The van der Waals surface area contributed by atoms with Crippen molar-refractivity contribution in [1.82, 2.24) is 5.32 Å². The highest BCUT2D eigenvalue weighted by Gasteiger charge is 2.51. The van der Waals surface area contributed by atoms with Gasteiger partial charge in [0.1, 0.15) is 5.60 Å². The SMILES string of the molecule is CC(C)(C)OC(=O)NCCS(=O)(=O)Nc1ccc(B2OC(C)(C)C(C)(C)O2)cc1. The highest BCUT2D eigenvalue weighted by atomic mass is 32.2. The first kappa shape index (κ1) is 23.5. The lowest BCUT2D eigenvalue weighted by atomic mass is 9.79. The number of nitrogens with one attached hydrogen (secondary N) is 2. The van der Waals surface area contributed by atoms with Gasteiger partial charge in [-0.2, -0.15) is 0 Å². The molecular weight excluding hydrogens is 395 g/mol. The van der Waals surface area contributed by atoms with E-state index in [0.717, 1.165) is 5.46 Å². The molecule has 0 atom stereocenters. The van der Waals surface area contributed by atoms with Crippen LogP contribution in [0.3, 0.4) is 0 Å². The quantitative estimate of drug-likeness (QED) is 0.677. The average Bonchev–Trinajstić information content (AvgIpc) is 2.73. The number of hydrogen-bond donors (Lipinski definition) is 2. The monoisotopic (exact) mass is 426 g/mol. The van der Waals surface area contributed by atoms with Gasteiger partial charge in [-0.3, -0.25) is 4.72 Å². The van der Waals surface area contributed by atoms with Crippen molar-refractivity contribution in [3.63, 3.8) is 0 Å². The first-order chi connectivity index (χ1) is 13.1. The minimum absolute atomic E-state index is 0.0593. The van der Waals surface area contributed by atoms with Crippen LogP contribution in [0.1, 0.15) is 48.5 Å². The number of benzene rings is 1.